The molecule has 37 heavy (non-hydrogen) atoms. The van der Waals surface area contributed by atoms with Crippen LogP contribution in [0.1, 0.15) is 41.0 Å². The van der Waals surface area contributed by atoms with E-state index in [1.54, 1.807) is 20.1 Å². The molecule has 2 heterocycles. The molecule has 1 N–H and O–H groups in total. The highest BCUT2D eigenvalue weighted by molar-refractivity contribution is 6.04. The van der Waals surface area contributed by atoms with E-state index in [-0.39, 0.29) is 11.5 Å². The molecule has 1 aromatic heterocycles. The molecule has 1 aliphatic heterocycles. The van der Waals surface area contributed by atoms with Crippen molar-refractivity contribution in [1.82, 2.24) is 4.98 Å². The normalized spacial score (nSPS) is 16.3. The summed E-state index contributed by atoms with van der Waals surface area (Å²) in [5.41, 5.74) is 5.28. The van der Waals surface area contributed by atoms with Gasteiger partial charge in [0, 0.05) is 56.2 Å². The average Bonchev–Trinajstić information content (AvgIpc) is 2.87. The topological polar surface area (TPSA) is 54.5 Å². The first-order valence-corrected chi connectivity index (χ1v) is 12.3. The van der Waals surface area contributed by atoms with Crippen LogP contribution in [0.15, 0.2) is 54.7 Å². The summed E-state index contributed by atoms with van der Waals surface area (Å²) in [6.07, 6.45) is 0.982. The fourth-order valence-corrected chi connectivity index (χ4v) is 4.67. The standard InChI is InChI=1S/C29H32F3N3O2/c1-18-5-8-24(34-28(36)22-9-10-33-27(15-22)29(3,31)32)16-25(18)20-6-7-21-13-23(19(2)30)17-35(11-12-37-4)26(21)14-20/h5-10,14-16,19,23H,11-13,17H2,1-4H3,(H,34,36). The third kappa shape index (κ3) is 6.13. The Bertz CT molecular complexity index is 1270. The van der Waals surface area contributed by atoms with Crippen LogP contribution in [-0.2, 0) is 17.1 Å². The fourth-order valence-electron chi connectivity index (χ4n) is 4.67. The second kappa shape index (κ2) is 10.9. The van der Waals surface area contributed by atoms with E-state index in [1.807, 2.05) is 31.2 Å². The zero-order valence-electron chi connectivity index (χ0n) is 21.5. The van der Waals surface area contributed by atoms with Crippen molar-refractivity contribution in [2.75, 3.05) is 37.0 Å². The van der Waals surface area contributed by atoms with Crippen molar-refractivity contribution in [1.29, 1.82) is 0 Å². The van der Waals surface area contributed by atoms with E-state index in [2.05, 4.69) is 21.3 Å². The van der Waals surface area contributed by atoms with E-state index >= 15 is 0 Å². The number of hydrogen-bond donors (Lipinski definition) is 1. The summed E-state index contributed by atoms with van der Waals surface area (Å²) >= 11 is 0. The Labute approximate surface area is 215 Å². The number of aryl methyl sites for hydroxylation is 1. The lowest BCUT2D eigenvalue weighted by Crippen LogP contribution is -2.40. The van der Waals surface area contributed by atoms with Gasteiger partial charge in [-0.15, -0.1) is 0 Å². The second-order valence-corrected chi connectivity index (χ2v) is 9.73. The number of anilines is 2. The molecule has 1 aliphatic rings. The number of nitrogens with one attached hydrogen (secondary N) is 1. The molecule has 0 saturated heterocycles. The lowest BCUT2D eigenvalue weighted by atomic mass is 9.87. The molecule has 5 nitrogen and oxygen atoms in total. The van der Waals surface area contributed by atoms with Gasteiger partial charge in [0.25, 0.3) is 11.8 Å². The van der Waals surface area contributed by atoms with Crippen LogP contribution >= 0.6 is 0 Å². The highest BCUT2D eigenvalue weighted by Gasteiger charge is 2.29. The molecular formula is C29H32F3N3O2. The number of hydrogen-bond acceptors (Lipinski definition) is 4. The molecule has 4 rings (SSSR count). The number of methoxy groups -OCH3 is 1. The number of nitrogens with zero attached hydrogens (tertiary/aromatic N) is 2. The van der Waals surface area contributed by atoms with E-state index in [4.69, 9.17) is 4.74 Å². The lowest BCUT2D eigenvalue weighted by molar-refractivity contribution is 0.0127. The summed E-state index contributed by atoms with van der Waals surface area (Å²) in [5.74, 6) is -3.71. The SMILES string of the molecule is COCCN1CC(C(C)F)Cc2ccc(-c3cc(NC(=O)c4ccnc(C(C)(F)F)c4)ccc3C)cc21. The number of rotatable bonds is 8. The summed E-state index contributed by atoms with van der Waals surface area (Å²) in [5, 5.41) is 2.81. The summed E-state index contributed by atoms with van der Waals surface area (Å²) in [7, 11) is 1.65. The average molecular weight is 512 g/mol. The van der Waals surface area contributed by atoms with Gasteiger partial charge in [0.05, 0.1) is 6.61 Å². The molecule has 2 unspecified atom stereocenters. The summed E-state index contributed by atoms with van der Waals surface area (Å²) < 4.78 is 46.8. The van der Waals surface area contributed by atoms with Crippen LogP contribution in [-0.4, -0.2) is 43.9 Å². The minimum absolute atomic E-state index is 0.0724. The monoisotopic (exact) mass is 511 g/mol. The van der Waals surface area contributed by atoms with Gasteiger partial charge in [-0.1, -0.05) is 18.2 Å². The third-order valence-electron chi connectivity index (χ3n) is 6.86. The fraction of sp³-hybridized carbons (Fsp3) is 0.379. The maximum atomic E-state index is 14.2. The summed E-state index contributed by atoms with van der Waals surface area (Å²) in [6, 6.07) is 14.3. The Morgan fingerprint density at radius 3 is 2.70 bits per heavy atom. The minimum atomic E-state index is -3.14. The smallest absolute Gasteiger partial charge is 0.286 e. The van der Waals surface area contributed by atoms with Gasteiger partial charge in [-0.05, 0) is 72.9 Å². The molecular weight excluding hydrogens is 479 g/mol. The van der Waals surface area contributed by atoms with Crippen molar-refractivity contribution >= 4 is 17.3 Å². The number of amides is 1. The number of ether oxygens (including phenoxy) is 1. The second-order valence-electron chi connectivity index (χ2n) is 9.73. The van der Waals surface area contributed by atoms with Gasteiger partial charge >= 0.3 is 0 Å². The molecule has 0 radical (unpaired) electrons. The zero-order chi connectivity index (χ0) is 26.7. The largest absolute Gasteiger partial charge is 0.383 e. The van der Waals surface area contributed by atoms with Crippen LogP contribution in [0.25, 0.3) is 11.1 Å². The van der Waals surface area contributed by atoms with Gasteiger partial charge in [-0.25, -0.2) is 4.39 Å². The van der Waals surface area contributed by atoms with Gasteiger partial charge in [0.15, 0.2) is 0 Å². The summed E-state index contributed by atoms with van der Waals surface area (Å²) in [6.45, 7) is 6.17. The molecule has 8 heteroatoms. The van der Waals surface area contributed by atoms with Crippen LogP contribution in [0.2, 0.25) is 0 Å². The highest BCUT2D eigenvalue weighted by atomic mass is 19.3. The van der Waals surface area contributed by atoms with Gasteiger partial charge in [0.2, 0.25) is 0 Å². The molecule has 2 aromatic carbocycles. The van der Waals surface area contributed by atoms with Gasteiger partial charge < -0.3 is 15.0 Å². The molecule has 2 atom stereocenters. The van der Waals surface area contributed by atoms with E-state index in [9.17, 15) is 18.0 Å². The van der Waals surface area contributed by atoms with Gasteiger partial charge in [-0.2, -0.15) is 8.78 Å². The number of carbonyl (C=O) groups excluding carboxylic acids is 1. The number of benzene rings is 2. The van der Waals surface area contributed by atoms with Crippen molar-refractivity contribution in [3.8, 4) is 11.1 Å². The van der Waals surface area contributed by atoms with Gasteiger partial charge in [-0.3, -0.25) is 9.78 Å². The first-order chi connectivity index (χ1) is 17.6. The summed E-state index contributed by atoms with van der Waals surface area (Å²) in [4.78, 5) is 18.7. The first-order valence-electron chi connectivity index (χ1n) is 12.3. The zero-order valence-corrected chi connectivity index (χ0v) is 21.5. The Morgan fingerprint density at radius 2 is 2.00 bits per heavy atom. The minimum Gasteiger partial charge on any atom is -0.383 e. The van der Waals surface area contributed by atoms with Crippen molar-refractivity contribution in [2.45, 2.75) is 39.3 Å². The molecule has 0 spiro atoms. The number of fused-ring (bicyclic) bond motifs is 1. The predicted octanol–water partition coefficient (Wildman–Crippen LogP) is 6.40. The van der Waals surface area contributed by atoms with Crippen molar-refractivity contribution in [3.63, 3.8) is 0 Å². The molecule has 196 valence electrons. The molecule has 3 aromatic rings. The Hall–Kier alpha value is -3.39. The lowest BCUT2D eigenvalue weighted by Gasteiger charge is -2.37. The quantitative estimate of drug-likeness (QED) is 0.380. The molecule has 1 amide bonds. The van der Waals surface area contributed by atoms with Crippen LogP contribution < -0.4 is 10.2 Å². The number of aromatic nitrogens is 1. The van der Waals surface area contributed by atoms with Crippen LogP contribution in [0, 0.1) is 12.8 Å². The Balaban J connectivity index is 1.62. The van der Waals surface area contributed by atoms with Gasteiger partial charge in [0.1, 0.15) is 11.9 Å². The molecule has 0 saturated carbocycles. The number of carbonyl (C=O) groups is 1. The first kappa shape index (κ1) is 26.7. The molecule has 0 fully saturated rings. The number of pyridine rings is 1. The highest BCUT2D eigenvalue weighted by Crippen LogP contribution is 2.37. The van der Waals surface area contributed by atoms with Crippen LogP contribution in [0.5, 0.6) is 0 Å². The maximum Gasteiger partial charge on any atom is 0.286 e. The number of alkyl halides is 3. The van der Waals surface area contributed by atoms with Crippen molar-refractivity contribution < 1.29 is 22.7 Å². The number of halogens is 3. The molecule has 0 aliphatic carbocycles. The van der Waals surface area contributed by atoms with E-state index in [0.717, 1.165) is 40.9 Å². The van der Waals surface area contributed by atoms with E-state index in [1.165, 1.54) is 12.3 Å². The third-order valence-corrected chi connectivity index (χ3v) is 6.86. The van der Waals surface area contributed by atoms with Crippen molar-refractivity contribution in [2.24, 2.45) is 5.92 Å². The van der Waals surface area contributed by atoms with Crippen LogP contribution in [0.4, 0.5) is 24.5 Å². The Morgan fingerprint density at radius 1 is 1.22 bits per heavy atom. The van der Waals surface area contributed by atoms with Crippen LogP contribution in [0.3, 0.4) is 0 Å². The predicted molar refractivity (Wildman–Crippen MR) is 140 cm³/mol. The van der Waals surface area contributed by atoms with E-state index in [0.29, 0.717) is 31.8 Å². The van der Waals surface area contributed by atoms with Crippen molar-refractivity contribution in [3.05, 3.63) is 77.1 Å². The molecule has 0 bridgehead atoms. The Kier molecular flexibility index (Phi) is 7.87. The van der Waals surface area contributed by atoms with E-state index < -0.39 is 23.7 Å². The maximum absolute atomic E-state index is 14.2.